The largest absolute Gasteiger partial charge is 0.508 e. The maximum absolute atomic E-state index is 10.3. The van der Waals surface area contributed by atoms with E-state index in [2.05, 4.69) is 20.8 Å². The van der Waals surface area contributed by atoms with Gasteiger partial charge in [0, 0.05) is 6.08 Å². The van der Waals surface area contributed by atoms with Crippen molar-refractivity contribution in [3.05, 3.63) is 12.7 Å². The van der Waals surface area contributed by atoms with Crippen LogP contribution in [0.3, 0.4) is 0 Å². The molecule has 0 aliphatic carbocycles. The lowest BCUT2D eigenvalue weighted by molar-refractivity contribution is -0.137. The highest BCUT2D eigenvalue weighted by Gasteiger charge is 2.09. The van der Waals surface area contributed by atoms with Crippen LogP contribution in [0.5, 0.6) is 0 Å². The van der Waals surface area contributed by atoms with Crippen LogP contribution >= 0.6 is 0 Å². The number of unbranched alkanes of at least 4 members (excludes halogenated alkanes) is 1. The number of hydrogen-bond acceptors (Lipinski definition) is 5. The number of carbonyl (C=O) groups is 2. The molecule has 0 aromatic rings. The summed E-state index contributed by atoms with van der Waals surface area (Å²) < 4.78 is 13.3. The monoisotopic (exact) mass is 216 g/mol. The number of ether oxygens (including phenoxy) is 3. The van der Waals surface area contributed by atoms with Gasteiger partial charge in [0.25, 0.3) is 0 Å². The Balaban J connectivity index is 0.000000280. The molecule has 0 atom stereocenters. The minimum Gasteiger partial charge on any atom is -0.463 e. The first-order valence-electron chi connectivity index (χ1n) is 4.79. The molecule has 0 radical (unpaired) electrons. The fourth-order valence-electron chi connectivity index (χ4n) is 0.668. The highest BCUT2D eigenvalue weighted by Crippen LogP contribution is 1.92. The highest BCUT2D eigenvalue weighted by molar-refractivity contribution is 5.81. The first kappa shape index (κ1) is 13.5. The molecule has 1 aliphatic rings. The van der Waals surface area contributed by atoms with E-state index in [0.717, 1.165) is 12.8 Å². The summed E-state index contributed by atoms with van der Waals surface area (Å²) in [4.78, 5) is 20.1. The van der Waals surface area contributed by atoms with Gasteiger partial charge < -0.3 is 14.2 Å². The van der Waals surface area contributed by atoms with Crippen LogP contribution < -0.4 is 0 Å². The van der Waals surface area contributed by atoms with Crippen molar-refractivity contribution < 1.29 is 23.8 Å². The Bertz CT molecular complexity index is 204. The second kappa shape index (κ2) is 9.05. The number of rotatable bonds is 4. The van der Waals surface area contributed by atoms with Crippen molar-refractivity contribution in [2.45, 2.75) is 19.8 Å². The van der Waals surface area contributed by atoms with E-state index in [-0.39, 0.29) is 5.97 Å². The van der Waals surface area contributed by atoms with Gasteiger partial charge in [-0.25, -0.2) is 9.59 Å². The van der Waals surface area contributed by atoms with Crippen molar-refractivity contribution in [2.24, 2.45) is 0 Å². The molecule has 0 N–H and O–H groups in total. The average molecular weight is 216 g/mol. The molecule has 1 aliphatic heterocycles. The first-order chi connectivity index (χ1) is 7.20. The van der Waals surface area contributed by atoms with Gasteiger partial charge in [-0.05, 0) is 6.42 Å². The summed E-state index contributed by atoms with van der Waals surface area (Å²) in [5, 5.41) is 0. The number of hydrogen-bond donors (Lipinski definition) is 0. The Hall–Kier alpha value is -1.52. The van der Waals surface area contributed by atoms with Crippen LogP contribution in [-0.2, 0) is 19.0 Å². The van der Waals surface area contributed by atoms with Crippen molar-refractivity contribution in [1.29, 1.82) is 0 Å². The molecule has 1 saturated heterocycles. The third kappa shape index (κ3) is 8.80. The van der Waals surface area contributed by atoms with Crippen LogP contribution in [0.4, 0.5) is 4.79 Å². The van der Waals surface area contributed by atoms with Gasteiger partial charge in [0.05, 0.1) is 6.61 Å². The number of cyclic esters (lactones) is 2. The van der Waals surface area contributed by atoms with Gasteiger partial charge in [0.2, 0.25) is 0 Å². The Labute approximate surface area is 89.0 Å². The van der Waals surface area contributed by atoms with Gasteiger partial charge >= 0.3 is 12.1 Å². The molecule has 0 aromatic heterocycles. The lowest BCUT2D eigenvalue weighted by Crippen LogP contribution is -2.00. The zero-order valence-electron chi connectivity index (χ0n) is 8.86. The van der Waals surface area contributed by atoms with Crippen LogP contribution in [0.25, 0.3) is 0 Å². The molecule has 0 aromatic carbocycles. The van der Waals surface area contributed by atoms with E-state index < -0.39 is 6.16 Å². The first-order valence-corrected chi connectivity index (χ1v) is 4.79. The van der Waals surface area contributed by atoms with Crippen LogP contribution in [0, 0.1) is 0 Å². The SMILES string of the molecule is C=CC(=O)OCCCC.O=C1OCCO1. The van der Waals surface area contributed by atoms with Crippen LogP contribution in [0.15, 0.2) is 12.7 Å². The third-order valence-corrected chi connectivity index (χ3v) is 1.43. The maximum Gasteiger partial charge on any atom is 0.508 e. The summed E-state index contributed by atoms with van der Waals surface area (Å²) in [5.41, 5.74) is 0. The van der Waals surface area contributed by atoms with Crippen LogP contribution in [0.1, 0.15) is 19.8 Å². The molecule has 1 rings (SSSR count). The Morgan fingerprint density at radius 3 is 2.47 bits per heavy atom. The van der Waals surface area contributed by atoms with E-state index in [1.807, 2.05) is 6.92 Å². The number of carbonyl (C=O) groups excluding carboxylic acids is 2. The lowest BCUT2D eigenvalue weighted by atomic mass is 10.4. The maximum atomic E-state index is 10.3. The molecule has 86 valence electrons. The van der Waals surface area contributed by atoms with Gasteiger partial charge in [0.1, 0.15) is 13.2 Å². The molecular weight excluding hydrogens is 200 g/mol. The predicted octanol–water partition coefficient (Wildman–Crippen LogP) is 1.67. The quantitative estimate of drug-likeness (QED) is 0.406. The Morgan fingerprint density at radius 1 is 1.53 bits per heavy atom. The van der Waals surface area contributed by atoms with Gasteiger partial charge in [-0.1, -0.05) is 19.9 Å². The topological polar surface area (TPSA) is 61.8 Å². The van der Waals surface area contributed by atoms with Crippen molar-refractivity contribution in [2.75, 3.05) is 19.8 Å². The van der Waals surface area contributed by atoms with Gasteiger partial charge in [-0.3, -0.25) is 0 Å². The Kier molecular flexibility index (Phi) is 8.13. The molecule has 0 spiro atoms. The van der Waals surface area contributed by atoms with Crippen LogP contribution in [0.2, 0.25) is 0 Å². The highest BCUT2D eigenvalue weighted by atomic mass is 16.8. The second-order valence-electron chi connectivity index (χ2n) is 2.67. The fraction of sp³-hybridized carbons (Fsp3) is 0.600. The summed E-state index contributed by atoms with van der Waals surface area (Å²) in [6.07, 6.45) is 2.61. The van der Waals surface area contributed by atoms with E-state index in [0.29, 0.717) is 19.8 Å². The van der Waals surface area contributed by atoms with Crippen molar-refractivity contribution in [3.8, 4) is 0 Å². The van der Waals surface area contributed by atoms with Crippen molar-refractivity contribution >= 4 is 12.1 Å². The summed E-state index contributed by atoms with van der Waals surface area (Å²) in [7, 11) is 0. The van der Waals surface area contributed by atoms with Gasteiger partial charge in [0.15, 0.2) is 0 Å². The summed E-state index contributed by atoms with van der Waals surface area (Å²) in [6, 6.07) is 0. The molecule has 1 heterocycles. The molecule has 0 bridgehead atoms. The van der Waals surface area contributed by atoms with E-state index in [9.17, 15) is 9.59 Å². The number of esters is 1. The van der Waals surface area contributed by atoms with Crippen LogP contribution in [-0.4, -0.2) is 31.9 Å². The molecule has 1 fully saturated rings. The third-order valence-electron chi connectivity index (χ3n) is 1.43. The van der Waals surface area contributed by atoms with Crippen molar-refractivity contribution in [3.63, 3.8) is 0 Å². The normalized spacial score (nSPS) is 13.0. The zero-order chi connectivity index (χ0) is 11.5. The lowest BCUT2D eigenvalue weighted by Gasteiger charge is -1.97. The summed E-state index contributed by atoms with van der Waals surface area (Å²) in [6.45, 7) is 6.65. The minimum absolute atomic E-state index is 0.330. The minimum atomic E-state index is -0.546. The zero-order valence-corrected chi connectivity index (χ0v) is 8.86. The molecule has 5 nitrogen and oxygen atoms in total. The fourth-order valence-corrected chi connectivity index (χ4v) is 0.668. The van der Waals surface area contributed by atoms with E-state index in [1.54, 1.807) is 0 Å². The molecular formula is C10H16O5. The van der Waals surface area contributed by atoms with Gasteiger partial charge in [-0.2, -0.15) is 0 Å². The van der Waals surface area contributed by atoms with E-state index >= 15 is 0 Å². The summed E-state index contributed by atoms with van der Waals surface area (Å²) >= 11 is 0. The molecule has 15 heavy (non-hydrogen) atoms. The molecule has 5 heteroatoms. The van der Waals surface area contributed by atoms with E-state index in [4.69, 9.17) is 0 Å². The summed E-state index contributed by atoms with van der Waals surface area (Å²) in [5.74, 6) is -0.330. The molecule has 0 saturated carbocycles. The average Bonchev–Trinajstić information content (AvgIpc) is 2.70. The Morgan fingerprint density at radius 2 is 2.13 bits per heavy atom. The standard InChI is InChI=1S/C7H12O2.C3H4O3/c1-3-5-6-9-7(8)4-2;4-3-5-1-2-6-3/h4H,2-3,5-6H2,1H3;1-2H2. The molecule has 0 unspecified atom stereocenters. The van der Waals surface area contributed by atoms with Gasteiger partial charge in [-0.15, -0.1) is 0 Å². The predicted molar refractivity (Wildman–Crippen MR) is 53.4 cm³/mol. The second-order valence-corrected chi connectivity index (χ2v) is 2.67. The molecule has 0 amide bonds. The smallest absolute Gasteiger partial charge is 0.463 e. The van der Waals surface area contributed by atoms with E-state index in [1.165, 1.54) is 6.08 Å². The van der Waals surface area contributed by atoms with Crippen molar-refractivity contribution in [1.82, 2.24) is 0 Å².